The van der Waals surface area contributed by atoms with Crippen LogP contribution in [0.1, 0.15) is 17.8 Å². The van der Waals surface area contributed by atoms with Crippen LogP contribution in [0.25, 0.3) is 10.9 Å². The molecule has 0 fully saturated rings. The average Bonchev–Trinajstić information content (AvgIpc) is 2.80. The number of hydrogen-bond donors (Lipinski definition) is 2. The summed E-state index contributed by atoms with van der Waals surface area (Å²) in [5.41, 5.74) is 2.07. The van der Waals surface area contributed by atoms with E-state index in [4.69, 9.17) is 9.47 Å². The summed E-state index contributed by atoms with van der Waals surface area (Å²) in [7, 11) is 1.56. The summed E-state index contributed by atoms with van der Waals surface area (Å²) in [4.78, 5) is 45.5. The summed E-state index contributed by atoms with van der Waals surface area (Å²) < 4.78 is 10.8. The second-order valence-corrected chi connectivity index (χ2v) is 7.49. The number of para-hydroxylation sites is 1. The predicted octanol–water partition coefficient (Wildman–Crippen LogP) is 1.86. The van der Waals surface area contributed by atoms with Crippen LogP contribution in [0.3, 0.4) is 0 Å². The quantitative estimate of drug-likeness (QED) is 0.557. The van der Waals surface area contributed by atoms with E-state index in [1.165, 1.54) is 4.90 Å². The molecule has 3 aromatic rings. The van der Waals surface area contributed by atoms with Gasteiger partial charge in [-0.2, -0.15) is 0 Å². The molecule has 9 nitrogen and oxygen atoms in total. The molecule has 166 valence electrons. The molecule has 2 N–H and O–H groups in total. The number of carbonyl (C=O) groups excluding carboxylic acids is 2. The van der Waals surface area contributed by atoms with Gasteiger partial charge in [0, 0.05) is 25.8 Å². The smallest absolute Gasteiger partial charge is 0.260 e. The molecular formula is C23H24N4O5. The number of nitrogens with zero attached hydrogens (tertiary/aromatic N) is 2. The van der Waals surface area contributed by atoms with Crippen molar-refractivity contribution >= 4 is 28.4 Å². The molecule has 0 aliphatic carbocycles. The molecule has 1 aliphatic heterocycles. The zero-order valence-corrected chi connectivity index (χ0v) is 17.7. The number of rotatable bonds is 8. The van der Waals surface area contributed by atoms with Crippen molar-refractivity contribution in [1.29, 1.82) is 0 Å². The minimum Gasteiger partial charge on any atom is -0.484 e. The fourth-order valence-corrected chi connectivity index (χ4v) is 3.57. The minimum atomic E-state index is -0.260. The number of methoxy groups -OCH3 is 1. The molecule has 4 rings (SSSR count). The molecule has 2 heterocycles. The van der Waals surface area contributed by atoms with Gasteiger partial charge in [-0.25, -0.2) is 4.98 Å². The first kappa shape index (κ1) is 21.5. The maximum absolute atomic E-state index is 12.9. The standard InChI is InChI=1S/C23H24N4O5/c1-31-11-10-27(13-20-24-19-5-3-2-4-17(19)23(30)26-20)22(29)14-32-16-7-8-18-15(12-16)6-9-21(28)25-18/h2-5,7-8,12H,6,9-11,13-14H2,1H3,(H,25,28)(H,24,26,30). The van der Waals surface area contributed by atoms with Gasteiger partial charge in [0.2, 0.25) is 5.91 Å². The number of aromatic nitrogens is 2. The van der Waals surface area contributed by atoms with Crippen molar-refractivity contribution in [1.82, 2.24) is 14.9 Å². The van der Waals surface area contributed by atoms with E-state index < -0.39 is 0 Å². The van der Waals surface area contributed by atoms with Crippen molar-refractivity contribution in [2.24, 2.45) is 0 Å². The summed E-state index contributed by atoms with van der Waals surface area (Å²) in [6.07, 6.45) is 1.06. The molecule has 0 radical (unpaired) electrons. The van der Waals surface area contributed by atoms with E-state index in [1.807, 2.05) is 12.1 Å². The van der Waals surface area contributed by atoms with Gasteiger partial charge in [-0.15, -0.1) is 0 Å². The molecule has 0 spiro atoms. The van der Waals surface area contributed by atoms with E-state index in [9.17, 15) is 14.4 Å². The van der Waals surface area contributed by atoms with Crippen LogP contribution in [0.4, 0.5) is 5.69 Å². The highest BCUT2D eigenvalue weighted by molar-refractivity contribution is 5.94. The third-order valence-electron chi connectivity index (χ3n) is 5.26. The molecule has 0 saturated carbocycles. The van der Waals surface area contributed by atoms with Gasteiger partial charge >= 0.3 is 0 Å². The van der Waals surface area contributed by atoms with Gasteiger partial charge in [-0.1, -0.05) is 12.1 Å². The van der Waals surface area contributed by atoms with Crippen molar-refractivity contribution in [2.75, 3.05) is 32.2 Å². The Morgan fingerprint density at radius 1 is 1.16 bits per heavy atom. The second-order valence-electron chi connectivity index (χ2n) is 7.49. The number of amides is 2. The lowest BCUT2D eigenvalue weighted by molar-refractivity contribution is -0.134. The molecular weight excluding hydrogens is 412 g/mol. The number of hydrogen-bond acceptors (Lipinski definition) is 6. The molecule has 32 heavy (non-hydrogen) atoms. The van der Waals surface area contributed by atoms with Crippen LogP contribution in [0.15, 0.2) is 47.3 Å². The van der Waals surface area contributed by atoms with Crippen LogP contribution in [0, 0.1) is 0 Å². The van der Waals surface area contributed by atoms with Crippen LogP contribution in [0.5, 0.6) is 5.75 Å². The Kier molecular flexibility index (Phi) is 6.46. The van der Waals surface area contributed by atoms with Gasteiger partial charge in [0.25, 0.3) is 11.5 Å². The summed E-state index contributed by atoms with van der Waals surface area (Å²) in [5.74, 6) is 0.680. The first-order valence-electron chi connectivity index (χ1n) is 10.3. The van der Waals surface area contributed by atoms with E-state index in [0.29, 0.717) is 48.5 Å². The third-order valence-corrected chi connectivity index (χ3v) is 5.26. The molecule has 0 atom stereocenters. The van der Waals surface area contributed by atoms with Crippen LogP contribution in [0.2, 0.25) is 0 Å². The van der Waals surface area contributed by atoms with Crippen LogP contribution < -0.4 is 15.6 Å². The van der Waals surface area contributed by atoms with Crippen LogP contribution >= 0.6 is 0 Å². The molecule has 0 bridgehead atoms. The first-order valence-corrected chi connectivity index (χ1v) is 10.3. The van der Waals surface area contributed by atoms with Crippen LogP contribution in [-0.4, -0.2) is 53.6 Å². The van der Waals surface area contributed by atoms with Crippen molar-refractivity contribution in [3.05, 3.63) is 64.2 Å². The van der Waals surface area contributed by atoms with Gasteiger partial charge < -0.3 is 24.7 Å². The SMILES string of the molecule is COCCN(Cc1nc2ccccc2c(=O)[nH]1)C(=O)COc1ccc2c(c1)CCC(=O)N2. The molecule has 2 amide bonds. The topological polar surface area (TPSA) is 114 Å². The Morgan fingerprint density at radius 3 is 2.84 bits per heavy atom. The summed E-state index contributed by atoms with van der Waals surface area (Å²) >= 11 is 0. The van der Waals surface area contributed by atoms with Gasteiger partial charge in [0.05, 0.1) is 24.1 Å². The molecule has 2 aromatic carbocycles. The van der Waals surface area contributed by atoms with E-state index in [0.717, 1.165) is 11.3 Å². The van der Waals surface area contributed by atoms with Gasteiger partial charge in [0.15, 0.2) is 6.61 Å². The number of fused-ring (bicyclic) bond motifs is 2. The average molecular weight is 436 g/mol. The van der Waals surface area contributed by atoms with Gasteiger partial charge in [-0.3, -0.25) is 14.4 Å². The van der Waals surface area contributed by atoms with Gasteiger partial charge in [-0.05, 0) is 42.3 Å². The number of anilines is 1. The fourth-order valence-electron chi connectivity index (χ4n) is 3.57. The van der Waals surface area contributed by atoms with Crippen molar-refractivity contribution < 1.29 is 19.1 Å². The van der Waals surface area contributed by atoms with Crippen molar-refractivity contribution in [2.45, 2.75) is 19.4 Å². The molecule has 0 unspecified atom stereocenters. The lowest BCUT2D eigenvalue weighted by Gasteiger charge is -2.22. The molecule has 1 aromatic heterocycles. The van der Waals surface area contributed by atoms with E-state index in [2.05, 4.69) is 15.3 Å². The Hall–Kier alpha value is -3.72. The zero-order valence-electron chi connectivity index (χ0n) is 17.7. The predicted molar refractivity (Wildman–Crippen MR) is 119 cm³/mol. The van der Waals surface area contributed by atoms with E-state index in [-0.39, 0.29) is 30.5 Å². The summed E-state index contributed by atoms with van der Waals surface area (Å²) in [6, 6.07) is 12.4. The Bertz CT molecular complexity index is 1210. The molecule has 0 saturated heterocycles. The number of aryl methyl sites for hydroxylation is 1. The summed E-state index contributed by atoms with van der Waals surface area (Å²) in [5, 5.41) is 3.32. The highest BCUT2D eigenvalue weighted by Crippen LogP contribution is 2.26. The Morgan fingerprint density at radius 2 is 2.00 bits per heavy atom. The highest BCUT2D eigenvalue weighted by Gasteiger charge is 2.18. The second kappa shape index (κ2) is 9.61. The fraction of sp³-hybridized carbons (Fsp3) is 0.304. The number of benzene rings is 2. The number of nitrogens with one attached hydrogen (secondary N) is 2. The largest absolute Gasteiger partial charge is 0.484 e. The number of ether oxygens (including phenoxy) is 2. The minimum absolute atomic E-state index is 0.00419. The van der Waals surface area contributed by atoms with Crippen molar-refractivity contribution in [3.8, 4) is 5.75 Å². The molecule has 1 aliphatic rings. The number of H-pyrrole nitrogens is 1. The Balaban J connectivity index is 1.45. The summed E-state index contributed by atoms with van der Waals surface area (Å²) in [6.45, 7) is 0.613. The normalized spacial score (nSPS) is 12.8. The Labute approximate surface area is 184 Å². The number of aromatic amines is 1. The van der Waals surface area contributed by atoms with E-state index >= 15 is 0 Å². The zero-order chi connectivity index (χ0) is 22.5. The number of carbonyl (C=O) groups is 2. The van der Waals surface area contributed by atoms with Crippen LogP contribution in [-0.2, 0) is 27.3 Å². The first-order chi connectivity index (χ1) is 15.5. The third kappa shape index (κ3) is 4.94. The lowest BCUT2D eigenvalue weighted by atomic mass is 10.0. The van der Waals surface area contributed by atoms with E-state index in [1.54, 1.807) is 37.4 Å². The van der Waals surface area contributed by atoms with Gasteiger partial charge in [0.1, 0.15) is 11.6 Å². The molecule has 9 heteroatoms. The highest BCUT2D eigenvalue weighted by atomic mass is 16.5. The monoisotopic (exact) mass is 436 g/mol. The van der Waals surface area contributed by atoms with Crippen molar-refractivity contribution in [3.63, 3.8) is 0 Å². The maximum atomic E-state index is 12.9. The lowest BCUT2D eigenvalue weighted by Crippen LogP contribution is -2.37. The maximum Gasteiger partial charge on any atom is 0.260 e.